The summed E-state index contributed by atoms with van der Waals surface area (Å²) in [6.45, 7) is 0.823. The van der Waals surface area contributed by atoms with E-state index >= 15 is 0 Å². The van der Waals surface area contributed by atoms with E-state index in [-0.39, 0.29) is 0 Å². The zero-order valence-corrected chi connectivity index (χ0v) is 10.9. The van der Waals surface area contributed by atoms with Crippen LogP contribution < -0.4 is 5.73 Å². The Morgan fingerprint density at radius 2 is 2.00 bits per heavy atom. The van der Waals surface area contributed by atoms with E-state index in [1.165, 1.54) is 12.8 Å². The van der Waals surface area contributed by atoms with Crippen LogP contribution in [0.25, 0.3) is 0 Å². The minimum absolute atomic E-state index is 0.398. The maximum Gasteiger partial charge on any atom is 0.147 e. The molecule has 0 amide bonds. The summed E-state index contributed by atoms with van der Waals surface area (Å²) in [5.41, 5.74) is 6.88. The fourth-order valence-corrected chi connectivity index (χ4v) is 2.45. The Labute approximate surface area is 107 Å². The van der Waals surface area contributed by atoms with E-state index in [4.69, 9.17) is 17.3 Å². The molecule has 4 nitrogen and oxygen atoms in total. The third-order valence-corrected chi connectivity index (χ3v) is 3.65. The third-order valence-electron chi connectivity index (χ3n) is 3.45. The molecule has 2 rings (SSSR count). The molecule has 1 aromatic heterocycles. The van der Waals surface area contributed by atoms with Gasteiger partial charge in [0, 0.05) is 18.6 Å². The molecule has 0 aliphatic heterocycles. The Balaban J connectivity index is 1.88. The molecule has 0 bridgehead atoms. The zero-order valence-electron chi connectivity index (χ0n) is 10.1. The van der Waals surface area contributed by atoms with Crippen molar-refractivity contribution in [1.82, 2.24) is 14.9 Å². The predicted octanol–water partition coefficient (Wildman–Crippen LogP) is 1.83. The van der Waals surface area contributed by atoms with Crippen molar-refractivity contribution in [3.63, 3.8) is 0 Å². The smallest absolute Gasteiger partial charge is 0.147 e. The summed E-state index contributed by atoms with van der Waals surface area (Å²) in [4.78, 5) is 10.6. The van der Waals surface area contributed by atoms with Gasteiger partial charge in [-0.2, -0.15) is 0 Å². The minimum Gasteiger partial charge on any atom is -0.328 e. The molecule has 17 heavy (non-hydrogen) atoms. The van der Waals surface area contributed by atoms with Gasteiger partial charge in [-0.1, -0.05) is 11.6 Å². The number of nitrogens with zero attached hydrogens (tertiary/aromatic N) is 3. The van der Waals surface area contributed by atoms with Crippen LogP contribution in [-0.4, -0.2) is 34.0 Å². The second-order valence-electron chi connectivity index (χ2n) is 4.81. The van der Waals surface area contributed by atoms with Crippen LogP contribution in [0.15, 0.2) is 12.4 Å². The third kappa shape index (κ3) is 3.63. The van der Waals surface area contributed by atoms with E-state index in [1.54, 1.807) is 12.4 Å². The normalized spacial score (nSPS) is 25.2. The number of hydrogen-bond acceptors (Lipinski definition) is 4. The largest absolute Gasteiger partial charge is 0.328 e. The lowest BCUT2D eigenvalue weighted by Gasteiger charge is -2.33. The molecule has 0 atom stereocenters. The van der Waals surface area contributed by atoms with Crippen molar-refractivity contribution in [2.24, 2.45) is 5.73 Å². The summed E-state index contributed by atoms with van der Waals surface area (Å²) in [6, 6.07) is 1.02. The van der Waals surface area contributed by atoms with Crippen molar-refractivity contribution in [3.8, 4) is 0 Å². The van der Waals surface area contributed by atoms with Crippen LogP contribution in [0.3, 0.4) is 0 Å². The maximum atomic E-state index is 5.91. The topological polar surface area (TPSA) is 55.0 Å². The van der Waals surface area contributed by atoms with E-state index in [0.29, 0.717) is 17.2 Å². The van der Waals surface area contributed by atoms with E-state index < -0.39 is 0 Å². The molecule has 0 aromatic carbocycles. The Kier molecular flexibility index (Phi) is 4.31. The van der Waals surface area contributed by atoms with Crippen LogP contribution >= 0.6 is 11.6 Å². The molecule has 0 radical (unpaired) electrons. The lowest BCUT2D eigenvalue weighted by atomic mass is 9.91. The number of hydrogen-bond donors (Lipinski definition) is 1. The summed E-state index contributed by atoms with van der Waals surface area (Å²) in [7, 11) is 2.14. The molecule has 1 fully saturated rings. The van der Waals surface area contributed by atoms with Gasteiger partial charge in [-0.25, -0.2) is 4.98 Å². The SMILES string of the molecule is CN(Cc1cnc(Cl)cn1)C1CCC(N)CC1. The molecule has 1 aliphatic carbocycles. The first-order valence-electron chi connectivity index (χ1n) is 6.07. The summed E-state index contributed by atoms with van der Waals surface area (Å²) >= 11 is 5.71. The molecular weight excluding hydrogens is 236 g/mol. The van der Waals surface area contributed by atoms with Crippen molar-refractivity contribution in [2.45, 2.75) is 44.3 Å². The Morgan fingerprint density at radius 1 is 1.29 bits per heavy atom. The van der Waals surface area contributed by atoms with Crippen LogP contribution in [0.2, 0.25) is 5.15 Å². The van der Waals surface area contributed by atoms with E-state index in [2.05, 4.69) is 21.9 Å². The zero-order chi connectivity index (χ0) is 12.3. The van der Waals surface area contributed by atoms with Crippen molar-refractivity contribution >= 4 is 11.6 Å². The summed E-state index contributed by atoms with van der Waals surface area (Å²) in [5, 5.41) is 0.444. The molecular formula is C12H19ClN4. The van der Waals surface area contributed by atoms with Crippen molar-refractivity contribution in [2.75, 3.05) is 7.05 Å². The average molecular weight is 255 g/mol. The monoisotopic (exact) mass is 254 g/mol. The lowest BCUT2D eigenvalue weighted by molar-refractivity contribution is 0.174. The second-order valence-corrected chi connectivity index (χ2v) is 5.20. The van der Waals surface area contributed by atoms with Gasteiger partial charge in [-0.3, -0.25) is 9.88 Å². The van der Waals surface area contributed by atoms with E-state index in [0.717, 1.165) is 25.1 Å². The highest BCUT2D eigenvalue weighted by Crippen LogP contribution is 2.22. The van der Waals surface area contributed by atoms with Crippen LogP contribution in [0, 0.1) is 0 Å². The highest BCUT2D eigenvalue weighted by molar-refractivity contribution is 6.29. The minimum atomic E-state index is 0.398. The van der Waals surface area contributed by atoms with Gasteiger partial charge in [-0.05, 0) is 32.7 Å². The Bertz CT molecular complexity index is 346. The predicted molar refractivity (Wildman–Crippen MR) is 68.7 cm³/mol. The molecule has 1 aromatic rings. The van der Waals surface area contributed by atoms with Crippen molar-refractivity contribution in [3.05, 3.63) is 23.2 Å². The molecule has 0 unspecified atom stereocenters. The van der Waals surface area contributed by atoms with E-state index in [1.807, 2.05) is 0 Å². The van der Waals surface area contributed by atoms with Crippen molar-refractivity contribution in [1.29, 1.82) is 0 Å². The molecule has 0 saturated heterocycles. The molecule has 5 heteroatoms. The number of halogens is 1. The Morgan fingerprint density at radius 3 is 2.59 bits per heavy atom. The van der Waals surface area contributed by atoms with Gasteiger partial charge in [0.25, 0.3) is 0 Å². The molecule has 2 N–H and O–H groups in total. The fourth-order valence-electron chi connectivity index (χ4n) is 2.35. The summed E-state index contributed by atoms with van der Waals surface area (Å²) in [5.74, 6) is 0. The van der Waals surface area contributed by atoms with Gasteiger partial charge in [0.2, 0.25) is 0 Å². The first-order chi connectivity index (χ1) is 8.15. The molecule has 1 heterocycles. The summed E-state index contributed by atoms with van der Waals surface area (Å²) in [6.07, 6.45) is 7.95. The maximum absolute atomic E-state index is 5.91. The van der Waals surface area contributed by atoms with Gasteiger partial charge in [0.1, 0.15) is 5.15 Å². The first-order valence-corrected chi connectivity index (χ1v) is 6.45. The second kappa shape index (κ2) is 5.76. The van der Waals surface area contributed by atoms with Gasteiger partial charge in [0.05, 0.1) is 18.1 Å². The number of aromatic nitrogens is 2. The molecule has 1 aliphatic rings. The first kappa shape index (κ1) is 12.7. The number of rotatable bonds is 3. The molecule has 94 valence electrons. The van der Waals surface area contributed by atoms with Gasteiger partial charge in [-0.15, -0.1) is 0 Å². The summed E-state index contributed by atoms with van der Waals surface area (Å²) < 4.78 is 0. The van der Waals surface area contributed by atoms with Gasteiger partial charge in [0.15, 0.2) is 0 Å². The van der Waals surface area contributed by atoms with Crippen LogP contribution in [0.5, 0.6) is 0 Å². The van der Waals surface area contributed by atoms with Gasteiger partial charge >= 0.3 is 0 Å². The molecule has 0 spiro atoms. The highest BCUT2D eigenvalue weighted by atomic mass is 35.5. The fraction of sp³-hybridized carbons (Fsp3) is 0.667. The lowest BCUT2D eigenvalue weighted by Crippen LogP contribution is -2.38. The van der Waals surface area contributed by atoms with Crippen LogP contribution in [-0.2, 0) is 6.54 Å². The van der Waals surface area contributed by atoms with Gasteiger partial charge < -0.3 is 5.73 Å². The quantitative estimate of drug-likeness (QED) is 0.894. The number of nitrogens with two attached hydrogens (primary N) is 1. The average Bonchev–Trinajstić information content (AvgIpc) is 2.33. The van der Waals surface area contributed by atoms with Crippen LogP contribution in [0.4, 0.5) is 0 Å². The molecule has 1 saturated carbocycles. The van der Waals surface area contributed by atoms with E-state index in [9.17, 15) is 0 Å². The van der Waals surface area contributed by atoms with Crippen LogP contribution in [0.1, 0.15) is 31.4 Å². The Hall–Kier alpha value is -0.710. The van der Waals surface area contributed by atoms with Crippen molar-refractivity contribution < 1.29 is 0 Å². The highest BCUT2D eigenvalue weighted by Gasteiger charge is 2.22. The standard InChI is InChI=1S/C12H19ClN4/c1-17(11-4-2-9(14)3-5-11)8-10-6-16-12(13)7-15-10/h6-7,9,11H,2-5,8,14H2,1H3.